The van der Waals surface area contributed by atoms with E-state index in [0.717, 1.165) is 0 Å². The second-order valence-electron chi connectivity index (χ2n) is 4.56. The van der Waals surface area contributed by atoms with Crippen LogP contribution in [0.15, 0.2) is 36.4 Å². The molecule has 0 saturated carbocycles. The summed E-state index contributed by atoms with van der Waals surface area (Å²) in [6, 6.07) is 9.28. The topological polar surface area (TPSA) is 64.4 Å². The van der Waals surface area contributed by atoms with E-state index in [1.807, 2.05) is 0 Å². The number of rotatable bonds is 5. The van der Waals surface area contributed by atoms with E-state index in [1.165, 1.54) is 18.2 Å². The molecule has 0 aliphatic heterocycles. The number of nitrogens with zero attached hydrogens (tertiary/aromatic N) is 1. The standard InChI is InChI=1S/C15H15FN2O3/c1-10-7-12(4-5-13(10)16)21-9-11-3-6-14(17-2)15(8-11)18(19)20/h3-8,17H,9H2,1-2H3. The first-order chi connectivity index (χ1) is 10.0. The average molecular weight is 290 g/mol. The Morgan fingerprint density at radius 1 is 1.29 bits per heavy atom. The van der Waals surface area contributed by atoms with Crippen LogP contribution in [0.3, 0.4) is 0 Å². The minimum absolute atomic E-state index is 0.00566. The van der Waals surface area contributed by atoms with Crippen LogP contribution in [-0.4, -0.2) is 12.0 Å². The molecule has 2 aromatic rings. The Hall–Kier alpha value is -2.63. The first kappa shape index (κ1) is 14.8. The monoisotopic (exact) mass is 290 g/mol. The van der Waals surface area contributed by atoms with Crippen LogP contribution in [0.2, 0.25) is 0 Å². The van der Waals surface area contributed by atoms with E-state index in [-0.39, 0.29) is 18.1 Å². The van der Waals surface area contributed by atoms with Crippen molar-refractivity contribution in [2.24, 2.45) is 0 Å². The van der Waals surface area contributed by atoms with E-state index in [0.29, 0.717) is 22.6 Å². The number of nitro benzene ring substituents is 1. The summed E-state index contributed by atoms with van der Waals surface area (Å²) in [7, 11) is 1.62. The van der Waals surface area contributed by atoms with Gasteiger partial charge in [-0.25, -0.2) is 4.39 Å². The van der Waals surface area contributed by atoms with Gasteiger partial charge in [0.15, 0.2) is 0 Å². The largest absolute Gasteiger partial charge is 0.489 e. The summed E-state index contributed by atoms with van der Waals surface area (Å²) in [5, 5.41) is 13.7. The second-order valence-corrected chi connectivity index (χ2v) is 4.56. The third-order valence-corrected chi connectivity index (χ3v) is 3.06. The van der Waals surface area contributed by atoms with Gasteiger partial charge in [-0.3, -0.25) is 10.1 Å². The van der Waals surface area contributed by atoms with E-state index in [4.69, 9.17) is 4.74 Å². The lowest BCUT2D eigenvalue weighted by molar-refractivity contribution is -0.384. The minimum Gasteiger partial charge on any atom is -0.489 e. The van der Waals surface area contributed by atoms with Crippen LogP contribution in [0.1, 0.15) is 11.1 Å². The SMILES string of the molecule is CNc1ccc(COc2ccc(F)c(C)c2)cc1[N+](=O)[O-]. The maximum absolute atomic E-state index is 13.1. The van der Waals surface area contributed by atoms with Gasteiger partial charge in [-0.15, -0.1) is 0 Å². The maximum atomic E-state index is 13.1. The molecule has 0 unspecified atom stereocenters. The molecule has 5 nitrogen and oxygen atoms in total. The van der Waals surface area contributed by atoms with E-state index in [2.05, 4.69) is 5.32 Å². The van der Waals surface area contributed by atoms with Gasteiger partial charge in [0.1, 0.15) is 23.9 Å². The molecule has 0 spiro atoms. The number of ether oxygens (including phenoxy) is 1. The van der Waals surface area contributed by atoms with Gasteiger partial charge in [0.25, 0.3) is 5.69 Å². The quantitative estimate of drug-likeness (QED) is 0.674. The number of aryl methyl sites for hydroxylation is 1. The fourth-order valence-corrected chi connectivity index (χ4v) is 1.90. The van der Waals surface area contributed by atoms with E-state index >= 15 is 0 Å². The third-order valence-electron chi connectivity index (χ3n) is 3.06. The molecule has 0 fully saturated rings. The third kappa shape index (κ3) is 3.47. The highest BCUT2D eigenvalue weighted by molar-refractivity contribution is 5.62. The van der Waals surface area contributed by atoms with Crippen molar-refractivity contribution < 1.29 is 14.1 Å². The Labute approximate surface area is 121 Å². The van der Waals surface area contributed by atoms with Crippen LogP contribution in [-0.2, 0) is 6.61 Å². The van der Waals surface area contributed by atoms with Gasteiger partial charge >= 0.3 is 0 Å². The van der Waals surface area contributed by atoms with Crippen LogP contribution < -0.4 is 10.1 Å². The molecule has 0 amide bonds. The summed E-state index contributed by atoms with van der Waals surface area (Å²) < 4.78 is 18.7. The van der Waals surface area contributed by atoms with Crippen molar-refractivity contribution in [1.29, 1.82) is 0 Å². The first-order valence-corrected chi connectivity index (χ1v) is 6.35. The zero-order chi connectivity index (χ0) is 15.4. The van der Waals surface area contributed by atoms with E-state index in [9.17, 15) is 14.5 Å². The molecule has 0 saturated heterocycles. The molecule has 0 aliphatic carbocycles. The normalized spacial score (nSPS) is 10.2. The fraction of sp³-hybridized carbons (Fsp3) is 0.200. The zero-order valence-electron chi connectivity index (χ0n) is 11.7. The molecule has 2 aromatic carbocycles. The molecule has 0 aliphatic rings. The summed E-state index contributed by atoms with van der Waals surface area (Å²) in [6.45, 7) is 1.82. The van der Waals surface area contributed by atoms with Crippen molar-refractivity contribution in [3.63, 3.8) is 0 Å². The van der Waals surface area contributed by atoms with Crippen molar-refractivity contribution in [2.45, 2.75) is 13.5 Å². The van der Waals surface area contributed by atoms with E-state index in [1.54, 1.807) is 32.2 Å². The molecular formula is C15H15FN2O3. The highest BCUT2D eigenvalue weighted by Crippen LogP contribution is 2.26. The lowest BCUT2D eigenvalue weighted by atomic mass is 10.2. The lowest BCUT2D eigenvalue weighted by Gasteiger charge is -2.09. The van der Waals surface area contributed by atoms with Gasteiger partial charge in [-0.2, -0.15) is 0 Å². The molecule has 21 heavy (non-hydrogen) atoms. The lowest BCUT2D eigenvalue weighted by Crippen LogP contribution is -2.00. The van der Waals surface area contributed by atoms with Gasteiger partial charge in [0, 0.05) is 13.1 Å². The summed E-state index contributed by atoms with van der Waals surface area (Å²) in [4.78, 5) is 10.5. The number of hydrogen-bond acceptors (Lipinski definition) is 4. The summed E-state index contributed by atoms with van der Waals surface area (Å²) in [6.07, 6.45) is 0. The molecule has 0 radical (unpaired) electrons. The first-order valence-electron chi connectivity index (χ1n) is 6.35. The van der Waals surface area contributed by atoms with Crippen molar-refractivity contribution in [1.82, 2.24) is 0 Å². The molecular weight excluding hydrogens is 275 g/mol. The average Bonchev–Trinajstić information content (AvgIpc) is 2.48. The number of halogens is 1. The number of nitro groups is 1. The molecule has 2 rings (SSSR count). The fourth-order valence-electron chi connectivity index (χ4n) is 1.90. The highest BCUT2D eigenvalue weighted by Gasteiger charge is 2.13. The smallest absolute Gasteiger partial charge is 0.292 e. The second kappa shape index (κ2) is 6.21. The predicted octanol–water partition coefficient (Wildman–Crippen LogP) is 3.66. The number of anilines is 1. The van der Waals surface area contributed by atoms with Crippen molar-refractivity contribution in [3.05, 3.63) is 63.5 Å². The Bertz CT molecular complexity index is 674. The summed E-state index contributed by atoms with van der Waals surface area (Å²) in [5.41, 5.74) is 1.60. The molecule has 0 bridgehead atoms. The highest BCUT2D eigenvalue weighted by atomic mass is 19.1. The molecule has 0 atom stereocenters. The maximum Gasteiger partial charge on any atom is 0.292 e. The summed E-state index contributed by atoms with van der Waals surface area (Å²) >= 11 is 0. The van der Waals surface area contributed by atoms with E-state index < -0.39 is 4.92 Å². The van der Waals surface area contributed by atoms with Crippen molar-refractivity contribution in [2.75, 3.05) is 12.4 Å². The Morgan fingerprint density at radius 2 is 2.05 bits per heavy atom. The van der Waals surface area contributed by atoms with Crippen LogP contribution >= 0.6 is 0 Å². The van der Waals surface area contributed by atoms with Crippen molar-refractivity contribution in [3.8, 4) is 5.75 Å². The van der Waals surface area contributed by atoms with Crippen LogP contribution in [0, 0.1) is 22.9 Å². The molecule has 0 heterocycles. The number of hydrogen-bond donors (Lipinski definition) is 1. The van der Waals surface area contributed by atoms with Crippen LogP contribution in [0.5, 0.6) is 5.75 Å². The van der Waals surface area contributed by atoms with Gasteiger partial charge < -0.3 is 10.1 Å². The van der Waals surface area contributed by atoms with Gasteiger partial charge in [-0.05, 0) is 42.3 Å². The zero-order valence-corrected chi connectivity index (χ0v) is 11.7. The predicted molar refractivity (Wildman–Crippen MR) is 78.1 cm³/mol. The molecule has 6 heteroatoms. The summed E-state index contributed by atoms with van der Waals surface area (Å²) in [5.74, 6) is 0.227. The van der Waals surface area contributed by atoms with Crippen molar-refractivity contribution >= 4 is 11.4 Å². The Balaban J connectivity index is 2.14. The Morgan fingerprint density at radius 3 is 2.67 bits per heavy atom. The molecule has 0 aromatic heterocycles. The van der Waals surface area contributed by atoms with Crippen LogP contribution in [0.25, 0.3) is 0 Å². The molecule has 110 valence electrons. The minimum atomic E-state index is -0.447. The van der Waals surface area contributed by atoms with Gasteiger partial charge in [0.05, 0.1) is 4.92 Å². The Kier molecular flexibility index (Phi) is 4.37. The number of nitrogens with one attached hydrogen (secondary N) is 1. The van der Waals surface area contributed by atoms with Gasteiger partial charge in [-0.1, -0.05) is 6.07 Å². The van der Waals surface area contributed by atoms with Gasteiger partial charge in [0.2, 0.25) is 0 Å². The molecule has 1 N–H and O–H groups in total. The van der Waals surface area contributed by atoms with Crippen LogP contribution in [0.4, 0.5) is 15.8 Å². The number of benzene rings is 2.